The van der Waals surface area contributed by atoms with Crippen molar-refractivity contribution >= 4 is 11.4 Å². The summed E-state index contributed by atoms with van der Waals surface area (Å²) in [5.74, 6) is 0.869. The lowest BCUT2D eigenvalue weighted by molar-refractivity contribution is 0.280. The largest absolute Gasteiger partial charge is 0.376 e. The lowest BCUT2D eigenvalue weighted by atomic mass is 9.85. The summed E-state index contributed by atoms with van der Waals surface area (Å²) in [6.07, 6.45) is 15.9. The van der Waals surface area contributed by atoms with E-state index in [9.17, 15) is 4.79 Å². The maximum atomic E-state index is 13.1. The van der Waals surface area contributed by atoms with Crippen LogP contribution in [0.1, 0.15) is 50.6 Å². The second kappa shape index (κ2) is 10.2. The van der Waals surface area contributed by atoms with Crippen LogP contribution >= 0.6 is 0 Å². The van der Waals surface area contributed by atoms with Crippen molar-refractivity contribution in [3.05, 3.63) is 65.1 Å². The second-order valence-corrected chi connectivity index (χ2v) is 10.3. The summed E-state index contributed by atoms with van der Waals surface area (Å²) in [4.78, 5) is 21.8. The first-order valence-corrected chi connectivity index (χ1v) is 12.9. The van der Waals surface area contributed by atoms with E-state index in [1.54, 1.807) is 16.8 Å². The van der Waals surface area contributed by atoms with Crippen molar-refractivity contribution in [2.24, 2.45) is 5.92 Å². The number of anilines is 2. The molecule has 2 fully saturated rings. The Morgan fingerprint density at radius 1 is 1.11 bits per heavy atom. The van der Waals surface area contributed by atoms with Gasteiger partial charge in [0.15, 0.2) is 0 Å². The van der Waals surface area contributed by atoms with Crippen molar-refractivity contribution in [2.75, 3.05) is 43.5 Å². The van der Waals surface area contributed by atoms with Crippen LogP contribution in [0.3, 0.4) is 0 Å². The molecule has 5 rings (SSSR count). The van der Waals surface area contributed by atoms with Crippen LogP contribution in [0, 0.1) is 5.92 Å². The van der Waals surface area contributed by atoms with Crippen LogP contribution in [0.5, 0.6) is 0 Å². The molecular formula is C27H37N7O. The highest BCUT2D eigenvalue weighted by atomic mass is 16.1. The molecule has 2 atom stereocenters. The fourth-order valence-corrected chi connectivity index (χ4v) is 5.04. The molecule has 0 bridgehead atoms. The van der Waals surface area contributed by atoms with Gasteiger partial charge in [-0.05, 0) is 57.2 Å². The quantitative estimate of drug-likeness (QED) is 0.538. The fraction of sp³-hybridized carbons (Fsp3) is 0.519. The van der Waals surface area contributed by atoms with Crippen molar-refractivity contribution in [1.82, 2.24) is 24.6 Å². The minimum atomic E-state index is -0.117. The number of pyridine rings is 2. The lowest BCUT2D eigenvalue weighted by Crippen LogP contribution is -2.47. The molecule has 1 saturated carbocycles. The van der Waals surface area contributed by atoms with E-state index in [1.807, 2.05) is 61.5 Å². The molecule has 0 amide bonds. The molecule has 1 aliphatic heterocycles. The minimum absolute atomic E-state index is 0.0172. The average molecular weight is 476 g/mol. The molecule has 1 N–H and O–H groups in total. The predicted octanol–water partition coefficient (Wildman–Crippen LogP) is 3.46. The van der Waals surface area contributed by atoms with Crippen molar-refractivity contribution in [3.8, 4) is 5.69 Å². The van der Waals surface area contributed by atoms with E-state index in [1.165, 1.54) is 25.7 Å². The smallest absolute Gasteiger partial charge is 0.253 e. The van der Waals surface area contributed by atoms with Crippen molar-refractivity contribution in [2.45, 2.75) is 51.1 Å². The summed E-state index contributed by atoms with van der Waals surface area (Å²) in [5.41, 5.74) is 3.92. The van der Waals surface area contributed by atoms with E-state index in [4.69, 9.17) is 0 Å². The molecule has 35 heavy (non-hydrogen) atoms. The third-order valence-corrected chi connectivity index (χ3v) is 7.63. The van der Waals surface area contributed by atoms with Gasteiger partial charge in [-0.2, -0.15) is 5.10 Å². The van der Waals surface area contributed by atoms with Gasteiger partial charge in [0.2, 0.25) is 0 Å². The zero-order valence-corrected chi connectivity index (χ0v) is 21.1. The van der Waals surface area contributed by atoms with E-state index < -0.39 is 0 Å². The summed E-state index contributed by atoms with van der Waals surface area (Å²) in [7, 11) is 3.98. The first-order chi connectivity index (χ1) is 17.0. The van der Waals surface area contributed by atoms with Gasteiger partial charge in [-0.25, -0.2) is 4.68 Å². The molecule has 1 saturated heterocycles. The number of piperidine rings is 1. The van der Waals surface area contributed by atoms with Gasteiger partial charge in [-0.1, -0.05) is 6.42 Å². The summed E-state index contributed by atoms with van der Waals surface area (Å²) in [5, 5.41) is 8.30. The highest BCUT2D eigenvalue weighted by molar-refractivity contribution is 5.49. The van der Waals surface area contributed by atoms with E-state index >= 15 is 0 Å². The average Bonchev–Trinajstić information content (AvgIpc) is 3.33. The third kappa shape index (κ3) is 5.27. The second-order valence-electron chi connectivity index (χ2n) is 10.3. The van der Waals surface area contributed by atoms with Gasteiger partial charge in [-0.3, -0.25) is 9.78 Å². The summed E-state index contributed by atoms with van der Waals surface area (Å²) < 4.78 is 3.60. The Labute approximate surface area is 207 Å². The van der Waals surface area contributed by atoms with Crippen molar-refractivity contribution < 1.29 is 0 Å². The molecule has 0 radical (unpaired) electrons. The molecule has 2 aliphatic rings. The molecule has 8 nitrogen and oxygen atoms in total. The van der Waals surface area contributed by atoms with Crippen molar-refractivity contribution in [3.63, 3.8) is 0 Å². The zero-order valence-electron chi connectivity index (χ0n) is 21.1. The highest BCUT2D eigenvalue weighted by Gasteiger charge is 2.23. The van der Waals surface area contributed by atoms with Gasteiger partial charge < -0.3 is 19.7 Å². The number of rotatable bonds is 8. The van der Waals surface area contributed by atoms with Gasteiger partial charge in [0.25, 0.3) is 5.56 Å². The highest BCUT2D eigenvalue weighted by Crippen LogP contribution is 2.26. The Balaban J connectivity index is 1.27. The predicted molar refractivity (Wildman–Crippen MR) is 141 cm³/mol. The lowest BCUT2D eigenvalue weighted by Gasteiger charge is -2.36. The van der Waals surface area contributed by atoms with Crippen LogP contribution in [-0.4, -0.2) is 59.1 Å². The van der Waals surface area contributed by atoms with Gasteiger partial charge in [0.1, 0.15) is 0 Å². The monoisotopic (exact) mass is 475 g/mol. The van der Waals surface area contributed by atoms with Gasteiger partial charge in [0, 0.05) is 62.9 Å². The maximum absolute atomic E-state index is 13.1. The Hall–Kier alpha value is -3.13. The third-order valence-electron chi connectivity index (χ3n) is 7.63. The molecule has 0 spiro atoms. The molecule has 0 aromatic carbocycles. The van der Waals surface area contributed by atoms with Crippen LogP contribution < -0.4 is 20.7 Å². The Bertz CT molecular complexity index is 1200. The number of nitrogens with zero attached hydrogens (tertiary/aromatic N) is 6. The zero-order chi connectivity index (χ0) is 24.4. The van der Waals surface area contributed by atoms with Crippen LogP contribution in [0.2, 0.25) is 0 Å². The molecule has 8 heteroatoms. The van der Waals surface area contributed by atoms with E-state index in [2.05, 4.69) is 26.4 Å². The Kier molecular flexibility index (Phi) is 6.90. The van der Waals surface area contributed by atoms with E-state index in [0.717, 1.165) is 54.6 Å². The fourth-order valence-electron chi connectivity index (χ4n) is 5.04. The molecule has 4 heterocycles. The Morgan fingerprint density at radius 3 is 2.71 bits per heavy atom. The number of hydrogen-bond donors (Lipinski definition) is 1. The Morgan fingerprint density at radius 2 is 1.97 bits per heavy atom. The van der Waals surface area contributed by atoms with Crippen LogP contribution in [0.25, 0.3) is 5.69 Å². The summed E-state index contributed by atoms with van der Waals surface area (Å²) in [6, 6.07) is 6.31. The van der Waals surface area contributed by atoms with E-state index in [-0.39, 0.29) is 11.6 Å². The maximum Gasteiger partial charge on any atom is 0.253 e. The summed E-state index contributed by atoms with van der Waals surface area (Å²) >= 11 is 0. The number of nitrogens with one attached hydrogen (secondary N) is 1. The molecular weight excluding hydrogens is 438 g/mol. The van der Waals surface area contributed by atoms with Gasteiger partial charge >= 0.3 is 0 Å². The standard InChI is InChI=1S/C27H37N7O/c1-20(22-15-30-34(18-22)26-12-25(31(2)3)16-28-17-26)33-11-9-24(13-27(33)35)32-10-5-8-23(19-32)29-14-21-6-4-7-21/h9,11-13,15-18,20-21,23,29H,4-8,10,14,19H2,1-3H3/t20?,23-/m1/s1. The first-order valence-electron chi connectivity index (χ1n) is 12.9. The molecule has 1 unspecified atom stereocenters. The van der Waals surface area contributed by atoms with Crippen LogP contribution in [0.4, 0.5) is 11.4 Å². The normalized spacial score (nSPS) is 19.4. The topological polar surface area (TPSA) is 71.2 Å². The van der Waals surface area contributed by atoms with Crippen LogP contribution in [-0.2, 0) is 0 Å². The molecule has 1 aliphatic carbocycles. The van der Waals surface area contributed by atoms with E-state index in [0.29, 0.717) is 6.04 Å². The van der Waals surface area contributed by atoms with Gasteiger partial charge in [-0.15, -0.1) is 0 Å². The first kappa shape index (κ1) is 23.6. The SMILES string of the molecule is CC(c1cnn(-c2cncc(N(C)C)c2)c1)n1ccc(N2CCC[C@@H](NCC3CCC3)C2)cc1=O. The minimum Gasteiger partial charge on any atom is -0.376 e. The van der Waals surface area contributed by atoms with Gasteiger partial charge in [0.05, 0.1) is 36.0 Å². The van der Waals surface area contributed by atoms with Crippen LogP contribution in [0.15, 0.2) is 54.0 Å². The molecule has 3 aromatic rings. The summed E-state index contributed by atoms with van der Waals surface area (Å²) in [6.45, 7) is 5.16. The molecule has 186 valence electrons. The van der Waals surface area contributed by atoms with Crippen molar-refractivity contribution in [1.29, 1.82) is 0 Å². The molecule has 3 aromatic heterocycles. The number of hydrogen-bond acceptors (Lipinski definition) is 6. The number of aromatic nitrogens is 4.